The third kappa shape index (κ3) is 5.01. The van der Waals surface area contributed by atoms with Crippen molar-refractivity contribution in [1.29, 1.82) is 0 Å². The number of carbonyl (C=O) groups is 3. The van der Waals surface area contributed by atoms with E-state index < -0.39 is 22.8 Å². The summed E-state index contributed by atoms with van der Waals surface area (Å²) < 4.78 is 12.1. The first-order valence-corrected chi connectivity index (χ1v) is 12.3. The first kappa shape index (κ1) is 25.5. The number of nitrogens with zero attached hydrogens (tertiary/aromatic N) is 3. The fourth-order valence-electron chi connectivity index (χ4n) is 4.51. The Bertz CT molecular complexity index is 1240. The van der Waals surface area contributed by atoms with Gasteiger partial charge in [-0.15, -0.1) is 0 Å². The molecule has 0 saturated carbocycles. The highest BCUT2D eigenvalue weighted by Crippen LogP contribution is 2.44. The Hall–Kier alpha value is -3.60. The smallest absolute Gasteiger partial charge is 0.407 e. The lowest BCUT2D eigenvalue weighted by Crippen LogP contribution is -2.59. The van der Waals surface area contributed by atoms with Crippen molar-refractivity contribution in [2.45, 2.75) is 46.1 Å². The molecule has 190 valence electrons. The number of carbonyl (C=O) groups excluding carboxylic acids is 2. The minimum Gasteiger partial charge on any atom is -0.475 e. The van der Waals surface area contributed by atoms with Crippen LogP contribution in [-0.4, -0.2) is 55.9 Å². The van der Waals surface area contributed by atoms with E-state index >= 15 is 0 Å². The van der Waals surface area contributed by atoms with E-state index in [-0.39, 0.29) is 12.0 Å². The molecule has 1 atom stereocenters. The molecule has 2 fully saturated rings. The summed E-state index contributed by atoms with van der Waals surface area (Å²) in [7, 11) is 0. The Morgan fingerprint density at radius 2 is 2.03 bits per heavy atom. The van der Waals surface area contributed by atoms with Gasteiger partial charge >= 0.3 is 6.09 Å². The van der Waals surface area contributed by atoms with E-state index in [0.29, 0.717) is 46.5 Å². The summed E-state index contributed by atoms with van der Waals surface area (Å²) in [6.45, 7) is 8.45. The van der Waals surface area contributed by atoms with Gasteiger partial charge in [0, 0.05) is 6.54 Å². The molecular formula is C25H28N4O6S. The van der Waals surface area contributed by atoms with Crippen LogP contribution in [0, 0.1) is 12.3 Å². The summed E-state index contributed by atoms with van der Waals surface area (Å²) >= 11 is 0.845. The van der Waals surface area contributed by atoms with Crippen molar-refractivity contribution in [3.8, 4) is 17.5 Å². The van der Waals surface area contributed by atoms with E-state index in [1.165, 1.54) is 11.2 Å². The summed E-state index contributed by atoms with van der Waals surface area (Å²) in [5.41, 5.74) is 0.216. The summed E-state index contributed by atoms with van der Waals surface area (Å²) in [5, 5.41) is 11.6. The molecule has 3 amide bonds. The van der Waals surface area contributed by atoms with Gasteiger partial charge in [-0.05, 0) is 60.7 Å². The molecule has 2 aliphatic rings. The molecule has 36 heavy (non-hydrogen) atoms. The molecule has 4 rings (SSSR count). The third-order valence-electron chi connectivity index (χ3n) is 6.57. The van der Waals surface area contributed by atoms with Crippen molar-refractivity contribution in [3.63, 3.8) is 0 Å². The highest BCUT2D eigenvalue weighted by Gasteiger charge is 2.52. The molecule has 11 heteroatoms. The largest absolute Gasteiger partial charge is 0.475 e. The lowest BCUT2D eigenvalue weighted by Gasteiger charge is -2.46. The molecule has 1 unspecified atom stereocenters. The first-order chi connectivity index (χ1) is 17.0. The minimum atomic E-state index is -0.956. The van der Waals surface area contributed by atoms with Crippen molar-refractivity contribution in [2.75, 3.05) is 13.2 Å². The SMILES string of the molecule is Cc1c(OCC2(C(C)(C)C)CCCN2C(=O)O)ncnc1Oc1cccc(/C=C2\SC(=O)NC2=O)c1. The fourth-order valence-corrected chi connectivity index (χ4v) is 5.19. The Labute approximate surface area is 213 Å². The number of aromatic nitrogens is 2. The van der Waals surface area contributed by atoms with Gasteiger partial charge in [-0.25, -0.2) is 14.8 Å². The average molecular weight is 513 g/mol. The normalized spacial score (nSPS) is 21.1. The molecule has 2 saturated heterocycles. The van der Waals surface area contributed by atoms with Crippen LogP contribution < -0.4 is 14.8 Å². The molecule has 0 aliphatic carbocycles. The Balaban J connectivity index is 1.53. The van der Waals surface area contributed by atoms with Crippen molar-refractivity contribution >= 4 is 35.1 Å². The Morgan fingerprint density at radius 1 is 1.28 bits per heavy atom. The molecule has 0 radical (unpaired) electrons. The van der Waals surface area contributed by atoms with E-state index in [4.69, 9.17) is 9.47 Å². The van der Waals surface area contributed by atoms with Crippen molar-refractivity contribution in [1.82, 2.24) is 20.2 Å². The van der Waals surface area contributed by atoms with Crippen LogP contribution in [0.15, 0.2) is 35.5 Å². The topological polar surface area (TPSA) is 131 Å². The summed E-state index contributed by atoms with van der Waals surface area (Å²) in [4.78, 5) is 45.5. The molecule has 2 aliphatic heterocycles. The van der Waals surface area contributed by atoms with Crippen molar-refractivity contribution in [2.24, 2.45) is 5.41 Å². The van der Waals surface area contributed by atoms with Gasteiger partial charge in [0.15, 0.2) is 0 Å². The zero-order chi connectivity index (χ0) is 26.1. The Morgan fingerprint density at radius 3 is 2.69 bits per heavy atom. The monoisotopic (exact) mass is 512 g/mol. The van der Waals surface area contributed by atoms with Crippen LogP contribution in [0.2, 0.25) is 0 Å². The number of ether oxygens (including phenoxy) is 2. The van der Waals surface area contributed by atoms with E-state index in [0.717, 1.165) is 18.2 Å². The van der Waals surface area contributed by atoms with Gasteiger partial charge in [0.1, 0.15) is 18.7 Å². The fraction of sp³-hybridized carbons (Fsp3) is 0.400. The molecule has 1 aromatic carbocycles. The first-order valence-electron chi connectivity index (χ1n) is 11.5. The number of benzene rings is 1. The summed E-state index contributed by atoms with van der Waals surface area (Å²) in [6, 6.07) is 7.03. The van der Waals surface area contributed by atoms with Crippen LogP contribution >= 0.6 is 11.8 Å². The zero-order valence-electron chi connectivity index (χ0n) is 20.5. The van der Waals surface area contributed by atoms with E-state index in [1.807, 2.05) is 20.8 Å². The number of rotatable bonds is 6. The van der Waals surface area contributed by atoms with Crippen LogP contribution in [0.4, 0.5) is 9.59 Å². The second-order valence-corrected chi connectivity index (χ2v) is 10.8. The third-order valence-corrected chi connectivity index (χ3v) is 7.38. The molecule has 10 nitrogen and oxygen atoms in total. The van der Waals surface area contributed by atoms with Crippen LogP contribution in [-0.2, 0) is 4.79 Å². The zero-order valence-corrected chi connectivity index (χ0v) is 21.3. The number of hydrogen-bond donors (Lipinski definition) is 2. The molecule has 2 N–H and O–H groups in total. The van der Waals surface area contributed by atoms with Gasteiger partial charge in [-0.1, -0.05) is 32.9 Å². The molecule has 0 spiro atoms. The maximum absolute atomic E-state index is 12.0. The van der Waals surface area contributed by atoms with Gasteiger partial charge in [-0.2, -0.15) is 0 Å². The quantitative estimate of drug-likeness (QED) is 0.522. The highest BCUT2D eigenvalue weighted by atomic mass is 32.2. The van der Waals surface area contributed by atoms with Crippen molar-refractivity contribution in [3.05, 3.63) is 46.6 Å². The molecule has 2 aromatic rings. The van der Waals surface area contributed by atoms with Crippen LogP contribution in [0.5, 0.6) is 17.5 Å². The van der Waals surface area contributed by atoms with E-state index in [2.05, 4.69) is 15.3 Å². The van der Waals surface area contributed by atoms with Crippen molar-refractivity contribution < 1.29 is 29.0 Å². The highest BCUT2D eigenvalue weighted by molar-refractivity contribution is 8.18. The number of hydrogen-bond acceptors (Lipinski definition) is 8. The Kier molecular flexibility index (Phi) is 6.94. The van der Waals surface area contributed by atoms with Gasteiger partial charge in [0.05, 0.1) is 16.0 Å². The second-order valence-electron chi connectivity index (χ2n) is 9.74. The number of thioether (sulfide) groups is 1. The average Bonchev–Trinajstić information content (AvgIpc) is 3.38. The van der Waals surface area contributed by atoms with Crippen LogP contribution in [0.1, 0.15) is 44.7 Å². The molecule has 3 heterocycles. The van der Waals surface area contributed by atoms with Gasteiger partial charge in [-0.3, -0.25) is 19.8 Å². The molecular weight excluding hydrogens is 484 g/mol. The van der Waals surface area contributed by atoms with Crippen LogP contribution in [0.3, 0.4) is 0 Å². The lowest BCUT2D eigenvalue weighted by atomic mass is 9.72. The molecule has 0 bridgehead atoms. The summed E-state index contributed by atoms with van der Waals surface area (Å²) in [5.74, 6) is 0.656. The minimum absolute atomic E-state index is 0.154. The predicted molar refractivity (Wildman–Crippen MR) is 134 cm³/mol. The number of nitrogens with one attached hydrogen (secondary N) is 1. The van der Waals surface area contributed by atoms with Gasteiger partial charge in [0.25, 0.3) is 11.1 Å². The standard InChI is InChI=1S/C25H28N4O6S/c1-15-20(34-13-25(24(2,3)4)9-6-10-29(25)23(32)33)26-14-27-21(15)35-17-8-5-7-16(11-17)12-18-19(30)28-22(31)36-18/h5,7-8,11-12,14H,6,9-10,13H2,1-4H3,(H,32,33)(H,28,30,31)/b18-12-. The van der Waals surface area contributed by atoms with Crippen LogP contribution in [0.25, 0.3) is 6.08 Å². The number of imide groups is 1. The van der Waals surface area contributed by atoms with Gasteiger partial charge < -0.3 is 14.6 Å². The number of carboxylic acid groups (broad SMARTS) is 1. The van der Waals surface area contributed by atoms with Gasteiger partial charge in [0.2, 0.25) is 11.8 Å². The number of likely N-dealkylation sites (tertiary alicyclic amines) is 1. The van der Waals surface area contributed by atoms with E-state index in [1.54, 1.807) is 37.3 Å². The lowest BCUT2D eigenvalue weighted by molar-refractivity contribution is -0.115. The predicted octanol–water partition coefficient (Wildman–Crippen LogP) is 4.84. The maximum Gasteiger partial charge on any atom is 0.407 e. The molecule has 1 aromatic heterocycles. The summed E-state index contributed by atoms with van der Waals surface area (Å²) in [6.07, 6.45) is 3.45. The maximum atomic E-state index is 12.0. The van der Waals surface area contributed by atoms with E-state index in [9.17, 15) is 19.5 Å². The second kappa shape index (κ2) is 9.81. The number of amides is 3.